The van der Waals surface area contributed by atoms with Gasteiger partial charge in [-0.05, 0) is 37.3 Å². The zero-order chi connectivity index (χ0) is 23.0. The van der Waals surface area contributed by atoms with Crippen molar-refractivity contribution >= 4 is 39.3 Å². The van der Waals surface area contributed by atoms with Crippen LogP contribution in [0.3, 0.4) is 0 Å². The first-order chi connectivity index (χ1) is 15.4. The number of thioether (sulfide) groups is 1. The van der Waals surface area contributed by atoms with Crippen molar-refractivity contribution in [1.29, 1.82) is 0 Å². The number of benzene rings is 2. The second-order valence-electron chi connectivity index (χ2n) is 7.08. The van der Waals surface area contributed by atoms with Gasteiger partial charge >= 0.3 is 5.97 Å². The monoisotopic (exact) mass is 478 g/mol. The summed E-state index contributed by atoms with van der Waals surface area (Å²) in [6.07, 6.45) is -0.839. The Balaban J connectivity index is 1.51. The smallest absolute Gasteiger partial charge is 0.307 e. The first kappa shape index (κ1) is 24.2. The van der Waals surface area contributed by atoms with Crippen LogP contribution in [0.1, 0.15) is 13.3 Å². The first-order valence-electron chi connectivity index (χ1n) is 10.2. The van der Waals surface area contributed by atoms with Crippen LogP contribution in [-0.4, -0.2) is 62.8 Å². The summed E-state index contributed by atoms with van der Waals surface area (Å²) in [6, 6.07) is 15.7. The van der Waals surface area contributed by atoms with E-state index in [9.17, 15) is 18.0 Å². The molecule has 1 heterocycles. The fraction of sp³-hybridized carbons (Fsp3) is 0.364. The molecule has 2 aromatic carbocycles. The molecule has 0 aliphatic carbocycles. The Morgan fingerprint density at radius 1 is 1.12 bits per heavy atom. The summed E-state index contributed by atoms with van der Waals surface area (Å²) in [7, 11) is -3.68. The lowest BCUT2D eigenvalue weighted by Gasteiger charge is -2.26. The first-order valence-corrected chi connectivity index (χ1v) is 12.6. The van der Waals surface area contributed by atoms with Gasteiger partial charge in [0.15, 0.2) is 6.10 Å². The molecule has 1 amide bonds. The van der Waals surface area contributed by atoms with E-state index in [0.717, 1.165) is 4.90 Å². The SMILES string of the molecule is CC(OC(=O)CCSc1ccccc1)C(=O)Nc1cccc(S(=O)(=O)N2CCOCC2)c1. The van der Waals surface area contributed by atoms with Crippen LogP contribution in [0.25, 0.3) is 0 Å². The molecular formula is C22H26N2O6S2. The number of hydrogen-bond donors (Lipinski definition) is 1. The minimum Gasteiger partial charge on any atom is -0.453 e. The predicted octanol–water partition coefficient (Wildman–Crippen LogP) is 2.76. The summed E-state index contributed by atoms with van der Waals surface area (Å²) < 4.78 is 37.4. The van der Waals surface area contributed by atoms with E-state index in [1.807, 2.05) is 30.3 Å². The molecule has 1 saturated heterocycles. The van der Waals surface area contributed by atoms with Gasteiger partial charge in [0.05, 0.1) is 24.5 Å². The predicted molar refractivity (Wildman–Crippen MR) is 122 cm³/mol. The highest BCUT2D eigenvalue weighted by Crippen LogP contribution is 2.21. The van der Waals surface area contributed by atoms with Crippen molar-refractivity contribution in [2.75, 3.05) is 37.4 Å². The molecule has 1 N–H and O–H groups in total. The van der Waals surface area contributed by atoms with Crippen molar-refractivity contribution < 1.29 is 27.5 Å². The van der Waals surface area contributed by atoms with Gasteiger partial charge in [0.2, 0.25) is 10.0 Å². The summed E-state index contributed by atoms with van der Waals surface area (Å²) in [5.41, 5.74) is 0.312. The largest absolute Gasteiger partial charge is 0.453 e. The lowest BCUT2D eigenvalue weighted by atomic mass is 10.3. The van der Waals surface area contributed by atoms with Gasteiger partial charge in [0, 0.05) is 29.4 Å². The van der Waals surface area contributed by atoms with Gasteiger partial charge in [-0.15, -0.1) is 11.8 Å². The molecule has 0 radical (unpaired) electrons. The number of nitrogens with one attached hydrogen (secondary N) is 1. The van der Waals surface area contributed by atoms with E-state index in [-0.39, 0.29) is 24.4 Å². The highest BCUT2D eigenvalue weighted by Gasteiger charge is 2.27. The molecular weight excluding hydrogens is 452 g/mol. The Labute approximate surface area is 192 Å². The number of nitrogens with zero attached hydrogens (tertiary/aromatic N) is 1. The normalized spacial score (nSPS) is 15.7. The number of carbonyl (C=O) groups is 2. The van der Waals surface area contributed by atoms with Crippen molar-refractivity contribution in [1.82, 2.24) is 4.31 Å². The molecule has 172 valence electrons. The summed E-state index contributed by atoms with van der Waals surface area (Å²) in [5, 5.41) is 2.62. The number of esters is 1. The third-order valence-electron chi connectivity index (χ3n) is 4.70. The maximum absolute atomic E-state index is 12.8. The second-order valence-corrected chi connectivity index (χ2v) is 10.2. The molecule has 1 fully saturated rings. The quantitative estimate of drug-likeness (QED) is 0.437. The van der Waals surface area contributed by atoms with Crippen LogP contribution in [0, 0.1) is 0 Å². The summed E-state index contributed by atoms with van der Waals surface area (Å²) in [5.74, 6) is -0.465. The van der Waals surface area contributed by atoms with Crippen LogP contribution >= 0.6 is 11.8 Å². The highest BCUT2D eigenvalue weighted by molar-refractivity contribution is 7.99. The van der Waals surface area contributed by atoms with Crippen molar-refractivity contribution in [3.8, 4) is 0 Å². The zero-order valence-corrected chi connectivity index (χ0v) is 19.4. The van der Waals surface area contributed by atoms with E-state index in [1.165, 1.54) is 35.1 Å². The number of hydrogen-bond acceptors (Lipinski definition) is 7. The molecule has 2 aromatic rings. The molecule has 32 heavy (non-hydrogen) atoms. The molecule has 1 atom stereocenters. The number of ether oxygens (including phenoxy) is 2. The average Bonchev–Trinajstić information content (AvgIpc) is 2.80. The van der Waals surface area contributed by atoms with E-state index in [2.05, 4.69) is 5.32 Å². The number of anilines is 1. The Bertz CT molecular complexity index is 1020. The van der Waals surface area contributed by atoms with Gasteiger partial charge in [-0.1, -0.05) is 24.3 Å². The van der Waals surface area contributed by atoms with Gasteiger partial charge in [-0.2, -0.15) is 4.31 Å². The maximum Gasteiger partial charge on any atom is 0.307 e. The zero-order valence-electron chi connectivity index (χ0n) is 17.7. The summed E-state index contributed by atoms with van der Waals surface area (Å²) in [4.78, 5) is 25.6. The van der Waals surface area contributed by atoms with Crippen molar-refractivity contribution in [3.63, 3.8) is 0 Å². The lowest BCUT2D eigenvalue weighted by Crippen LogP contribution is -2.40. The number of sulfonamides is 1. The van der Waals surface area contributed by atoms with Gasteiger partial charge in [-0.25, -0.2) is 8.42 Å². The van der Waals surface area contributed by atoms with E-state index in [1.54, 1.807) is 12.1 Å². The van der Waals surface area contributed by atoms with E-state index in [4.69, 9.17) is 9.47 Å². The Morgan fingerprint density at radius 2 is 1.84 bits per heavy atom. The fourth-order valence-corrected chi connectivity index (χ4v) is 5.30. The van der Waals surface area contributed by atoms with Crippen LogP contribution in [0.4, 0.5) is 5.69 Å². The molecule has 8 nitrogen and oxygen atoms in total. The van der Waals surface area contributed by atoms with Crippen LogP contribution < -0.4 is 5.32 Å². The number of amides is 1. The van der Waals surface area contributed by atoms with Crippen LogP contribution in [0.5, 0.6) is 0 Å². The molecule has 0 aromatic heterocycles. The molecule has 1 unspecified atom stereocenters. The molecule has 1 aliphatic rings. The lowest BCUT2D eigenvalue weighted by molar-refractivity contribution is -0.152. The standard InChI is InChI=1S/C22H26N2O6S2/c1-17(30-21(25)10-15-31-19-7-3-2-4-8-19)22(26)23-18-6-5-9-20(16-18)32(27,28)24-11-13-29-14-12-24/h2-9,16-17H,10-15H2,1H3,(H,23,26). The topological polar surface area (TPSA) is 102 Å². The number of rotatable bonds is 9. The second kappa shape index (κ2) is 11.5. The van der Waals surface area contributed by atoms with Crippen LogP contribution in [0.15, 0.2) is 64.4 Å². The Hall–Kier alpha value is -2.40. The van der Waals surface area contributed by atoms with Crippen molar-refractivity contribution in [2.45, 2.75) is 29.2 Å². The van der Waals surface area contributed by atoms with Gasteiger partial charge < -0.3 is 14.8 Å². The van der Waals surface area contributed by atoms with Gasteiger partial charge in [-0.3, -0.25) is 9.59 Å². The van der Waals surface area contributed by atoms with Gasteiger partial charge in [0.25, 0.3) is 5.91 Å². The van der Waals surface area contributed by atoms with Gasteiger partial charge in [0.1, 0.15) is 0 Å². The highest BCUT2D eigenvalue weighted by atomic mass is 32.2. The van der Waals surface area contributed by atoms with Crippen LogP contribution in [0.2, 0.25) is 0 Å². The maximum atomic E-state index is 12.8. The molecule has 10 heteroatoms. The van der Waals surface area contributed by atoms with E-state index >= 15 is 0 Å². The summed E-state index contributed by atoms with van der Waals surface area (Å²) in [6.45, 7) is 2.75. The Morgan fingerprint density at radius 3 is 2.56 bits per heavy atom. The van der Waals surface area contributed by atoms with Crippen LogP contribution in [-0.2, 0) is 29.1 Å². The molecule has 0 bridgehead atoms. The van der Waals surface area contributed by atoms with E-state index in [0.29, 0.717) is 24.7 Å². The third-order valence-corrected chi connectivity index (χ3v) is 7.61. The fourth-order valence-electron chi connectivity index (χ4n) is 2.99. The minimum absolute atomic E-state index is 0.0831. The number of carbonyl (C=O) groups excluding carboxylic acids is 2. The molecule has 0 spiro atoms. The summed E-state index contributed by atoms with van der Waals surface area (Å²) >= 11 is 1.53. The molecule has 0 saturated carbocycles. The number of morpholine rings is 1. The minimum atomic E-state index is -3.68. The van der Waals surface area contributed by atoms with Crippen molar-refractivity contribution in [3.05, 3.63) is 54.6 Å². The molecule has 3 rings (SSSR count). The van der Waals surface area contributed by atoms with Crippen molar-refractivity contribution in [2.24, 2.45) is 0 Å². The molecule has 1 aliphatic heterocycles. The van der Waals surface area contributed by atoms with E-state index < -0.39 is 28.0 Å². The average molecular weight is 479 g/mol. The Kier molecular flexibility index (Phi) is 8.68. The third kappa shape index (κ3) is 6.80.